The molecule has 0 aliphatic carbocycles. The number of carbonyl (C=O) groups is 1. The molecule has 0 saturated carbocycles. The van der Waals surface area contributed by atoms with Crippen LogP contribution in [0, 0.1) is 0 Å². The van der Waals surface area contributed by atoms with Crippen LogP contribution in [-0.4, -0.2) is 11.3 Å². The summed E-state index contributed by atoms with van der Waals surface area (Å²) in [5.74, 6) is 0. The van der Waals surface area contributed by atoms with E-state index in [0.29, 0.717) is 0 Å². The maximum Gasteiger partial charge on any atom is 0.142 e. The number of aldehydes is 1. The Kier molecular flexibility index (Phi) is 4.54. The lowest BCUT2D eigenvalue weighted by atomic mass is 10.1. The Bertz CT molecular complexity index is 267. The Morgan fingerprint density at radius 3 is 3.08 bits per heavy atom. The highest BCUT2D eigenvalue weighted by atomic mass is 16.1. The van der Waals surface area contributed by atoms with Crippen molar-refractivity contribution in [3.8, 4) is 0 Å². The Labute approximate surface area is 78.3 Å². The van der Waals surface area contributed by atoms with E-state index in [9.17, 15) is 4.79 Å². The molecule has 0 atom stereocenters. The van der Waals surface area contributed by atoms with Crippen LogP contribution in [0.2, 0.25) is 0 Å². The summed E-state index contributed by atoms with van der Waals surface area (Å²) in [5.41, 5.74) is 1.25. The number of hydrogen-bond acceptors (Lipinski definition) is 2. The fourth-order valence-electron chi connectivity index (χ4n) is 1.12. The van der Waals surface area contributed by atoms with E-state index in [1.165, 1.54) is 5.56 Å². The van der Waals surface area contributed by atoms with E-state index in [1.807, 2.05) is 18.3 Å². The number of unbranched alkanes of at least 4 members (excludes halogenated alkanes) is 1. The third kappa shape index (κ3) is 4.21. The molecule has 1 aromatic rings. The van der Waals surface area contributed by atoms with Gasteiger partial charge in [-0.25, -0.2) is 0 Å². The van der Waals surface area contributed by atoms with Crippen molar-refractivity contribution < 1.29 is 4.79 Å². The molecule has 1 aromatic heterocycles. The van der Waals surface area contributed by atoms with Gasteiger partial charge < -0.3 is 0 Å². The second-order valence-corrected chi connectivity index (χ2v) is 2.82. The zero-order chi connectivity index (χ0) is 9.36. The first-order valence-corrected chi connectivity index (χ1v) is 4.42. The lowest BCUT2D eigenvalue weighted by molar-refractivity contribution is -0.104. The predicted octanol–water partition coefficient (Wildman–Crippen LogP) is 2.16. The second kappa shape index (κ2) is 6.12. The number of hydrogen-bond donors (Lipinski definition) is 0. The smallest absolute Gasteiger partial charge is 0.142 e. The molecule has 0 fully saturated rings. The molecule has 13 heavy (non-hydrogen) atoms. The monoisotopic (exact) mass is 175 g/mol. The summed E-state index contributed by atoms with van der Waals surface area (Å²) in [6.45, 7) is 0. The molecular weight excluding hydrogens is 162 g/mol. The van der Waals surface area contributed by atoms with E-state index in [0.717, 1.165) is 25.5 Å². The summed E-state index contributed by atoms with van der Waals surface area (Å²) in [4.78, 5) is 14.0. The zero-order valence-corrected chi connectivity index (χ0v) is 7.52. The van der Waals surface area contributed by atoms with Gasteiger partial charge >= 0.3 is 0 Å². The molecule has 2 nitrogen and oxygen atoms in total. The van der Waals surface area contributed by atoms with Crippen molar-refractivity contribution >= 4 is 6.29 Å². The van der Waals surface area contributed by atoms with Crippen LogP contribution in [0.15, 0.2) is 36.7 Å². The largest absolute Gasteiger partial charge is 0.299 e. The summed E-state index contributed by atoms with van der Waals surface area (Å²) in [7, 11) is 0. The van der Waals surface area contributed by atoms with Crippen molar-refractivity contribution in [1.29, 1.82) is 0 Å². The minimum Gasteiger partial charge on any atom is -0.299 e. The molecule has 0 amide bonds. The fraction of sp³-hybridized carbons (Fsp3) is 0.273. The molecule has 1 rings (SSSR count). The van der Waals surface area contributed by atoms with E-state index in [1.54, 1.807) is 12.3 Å². The standard InChI is InChI=1S/C11H13NO/c13-9-4-2-1-3-6-11-7-5-8-12-10-11/h2,4-5,7-10H,1,3,6H2/b4-2+. The highest BCUT2D eigenvalue weighted by Gasteiger charge is 1.89. The molecule has 0 aliphatic rings. The van der Waals surface area contributed by atoms with Crippen molar-refractivity contribution in [3.63, 3.8) is 0 Å². The van der Waals surface area contributed by atoms with Gasteiger partial charge in [0.05, 0.1) is 0 Å². The Morgan fingerprint density at radius 2 is 2.38 bits per heavy atom. The van der Waals surface area contributed by atoms with Gasteiger partial charge in [0.25, 0.3) is 0 Å². The van der Waals surface area contributed by atoms with Crippen LogP contribution in [0.1, 0.15) is 18.4 Å². The van der Waals surface area contributed by atoms with Crippen LogP contribution in [0.3, 0.4) is 0 Å². The lowest BCUT2D eigenvalue weighted by Gasteiger charge is -1.96. The van der Waals surface area contributed by atoms with Gasteiger partial charge in [0, 0.05) is 12.4 Å². The van der Waals surface area contributed by atoms with Gasteiger partial charge in [-0.3, -0.25) is 9.78 Å². The molecule has 0 bridgehead atoms. The summed E-state index contributed by atoms with van der Waals surface area (Å²) in [5, 5.41) is 0. The molecule has 1 heterocycles. The van der Waals surface area contributed by atoms with Gasteiger partial charge in [0.1, 0.15) is 6.29 Å². The minimum atomic E-state index is 0.810. The van der Waals surface area contributed by atoms with Gasteiger partial charge in [-0.2, -0.15) is 0 Å². The summed E-state index contributed by atoms with van der Waals surface area (Å²) in [6.07, 6.45) is 10.9. The van der Waals surface area contributed by atoms with Crippen molar-refractivity contribution in [2.24, 2.45) is 0 Å². The highest BCUT2D eigenvalue weighted by molar-refractivity contribution is 5.64. The summed E-state index contributed by atoms with van der Waals surface area (Å²) in [6, 6.07) is 4.01. The average Bonchev–Trinajstić information content (AvgIpc) is 2.19. The molecule has 0 N–H and O–H groups in total. The van der Waals surface area contributed by atoms with Crippen LogP contribution in [0.5, 0.6) is 0 Å². The Morgan fingerprint density at radius 1 is 1.46 bits per heavy atom. The number of rotatable bonds is 5. The second-order valence-electron chi connectivity index (χ2n) is 2.82. The normalized spacial score (nSPS) is 10.5. The maximum absolute atomic E-state index is 9.94. The number of allylic oxidation sites excluding steroid dienone is 2. The van der Waals surface area contributed by atoms with Crippen molar-refractivity contribution in [3.05, 3.63) is 42.2 Å². The lowest BCUT2D eigenvalue weighted by Crippen LogP contribution is -1.84. The van der Waals surface area contributed by atoms with E-state index < -0.39 is 0 Å². The zero-order valence-electron chi connectivity index (χ0n) is 7.52. The van der Waals surface area contributed by atoms with Crippen LogP contribution in [0.4, 0.5) is 0 Å². The van der Waals surface area contributed by atoms with E-state index in [2.05, 4.69) is 11.1 Å². The van der Waals surface area contributed by atoms with Gasteiger partial charge in [-0.05, 0) is 37.0 Å². The van der Waals surface area contributed by atoms with Gasteiger partial charge in [0.2, 0.25) is 0 Å². The van der Waals surface area contributed by atoms with E-state index in [4.69, 9.17) is 0 Å². The fourth-order valence-corrected chi connectivity index (χ4v) is 1.12. The molecular formula is C11H13NO. The maximum atomic E-state index is 9.94. The van der Waals surface area contributed by atoms with E-state index in [-0.39, 0.29) is 0 Å². The first-order valence-electron chi connectivity index (χ1n) is 4.42. The topological polar surface area (TPSA) is 30.0 Å². The van der Waals surface area contributed by atoms with Crippen molar-refractivity contribution in [2.45, 2.75) is 19.3 Å². The van der Waals surface area contributed by atoms with Crippen LogP contribution >= 0.6 is 0 Å². The summed E-state index contributed by atoms with van der Waals surface area (Å²) >= 11 is 0. The van der Waals surface area contributed by atoms with Crippen molar-refractivity contribution in [2.75, 3.05) is 0 Å². The summed E-state index contributed by atoms with van der Waals surface area (Å²) < 4.78 is 0. The predicted molar refractivity (Wildman–Crippen MR) is 52.4 cm³/mol. The molecule has 2 heteroatoms. The Balaban J connectivity index is 2.20. The number of nitrogens with zero attached hydrogens (tertiary/aromatic N) is 1. The number of aryl methyl sites for hydroxylation is 1. The third-order valence-electron chi connectivity index (χ3n) is 1.77. The number of carbonyl (C=O) groups excluding carboxylic acids is 1. The minimum absolute atomic E-state index is 0.810. The molecule has 0 spiro atoms. The van der Waals surface area contributed by atoms with Crippen molar-refractivity contribution in [1.82, 2.24) is 4.98 Å². The highest BCUT2D eigenvalue weighted by Crippen LogP contribution is 2.02. The number of pyridine rings is 1. The van der Waals surface area contributed by atoms with Gasteiger partial charge in [-0.15, -0.1) is 0 Å². The Hall–Kier alpha value is -1.44. The van der Waals surface area contributed by atoms with Crippen LogP contribution in [-0.2, 0) is 11.2 Å². The number of aromatic nitrogens is 1. The molecule has 0 aromatic carbocycles. The molecule has 0 aliphatic heterocycles. The molecule has 0 unspecified atom stereocenters. The average molecular weight is 175 g/mol. The SMILES string of the molecule is O=C/C=C/CCCc1cccnc1. The van der Waals surface area contributed by atoms with E-state index >= 15 is 0 Å². The quantitative estimate of drug-likeness (QED) is 0.390. The molecule has 68 valence electrons. The first-order chi connectivity index (χ1) is 6.43. The first kappa shape index (κ1) is 9.65. The third-order valence-corrected chi connectivity index (χ3v) is 1.77. The van der Waals surface area contributed by atoms with Gasteiger partial charge in [-0.1, -0.05) is 12.1 Å². The van der Waals surface area contributed by atoms with Crippen LogP contribution in [0.25, 0.3) is 0 Å². The van der Waals surface area contributed by atoms with Crippen LogP contribution < -0.4 is 0 Å². The van der Waals surface area contributed by atoms with Gasteiger partial charge in [0.15, 0.2) is 0 Å². The molecule has 0 saturated heterocycles. The molecule has 0 radical (unpaired) electrons.